The number of hydrogen-bond acceptors (Lipinski definition) is 4. The van der Waals surface area contributed by atoms with Crippen molar-refractivity contribution in [1.29, 1.82) is 0 Å². The van der Waals surface area contributed by atoms with Crippen molar-refractivity contribution in [2.75, 3.05) is 13.7 Å². The lowest BCUT2D eigenvalue weighted by Gasteiger charge is -2.33. The highest BCUT2D eigenvalue weighted by Crippen LogP contribution is 2.34. The first kappa shape index (κ1) is 14.5. The lowest BCUT2D eigenvalue weighted by atomic mass is 9.92. The molecule has 0 aromatic heterocycles. The van der Waals surface area contributed by atoms with E-state index < -0.39 is 23.5 Å². The molecule has 0 radical (unpaired) electrons. The molecule has 1 saturated heterocycles. The number of benzene rings is 1. The van der Waals surface area contributed by atoms with Crippen LogP contribution in [0.15, 0.2) is 30.3 Å². The SMILES string of the molecule is COC(=O)C1CN(C(=O)c2ccccc2)C(C)(C)C1O. The van der Waals surface area contributed by atoms with E-state index in [4.69, 9.17) is 4.74 Å². The Hall–Kier alpha value is -1.88. The van der Waals surface area contributed by atoms with Crippen molar-refractivity contribution in [2.24, 2.45) is 5.92 Å². The van der Waals surface area contributed by atoms with Crippen molar-refractivity contribution in [3.63, 3.8) is 0 Å². The number of ether oxygens (including phenoxy) is 1. The first-order valence-corrected chi connectivity index (χ1v) is 6.52. The molecule has 108 valence electrons. The minimum atomic E-state index is -0.942. The molecule has 5 nitrogen and oxygen atoms in total. The quantitative estimate of drug-likeness (QED) is 0.821. The normalized spacial score (nSPS) is 24.5. The topological polar surface area (TPSA) is 66.8 Å². The van der Waals surface area contributed by atoms with Crippen LogP contribution in [0, 0.1) is 5.92 Å². The van der Waals surface area contributed by atoms with Crippen LogP contribution in [0.5, 0.6) is 0 Å². The number of likely N-dealkylation sites (tertiary alicyclic amines) is 1. The van der Waals surface area contributed by atoms with Crippen LogP contribution in [0.25, 0.3) is 0 Å². The van der Waals surface area contributed by atoms with Crippen LogP contribution in [0.1, 0.15) is 24.2 Å². The average molecular weight is 277 g/mol. The average Bonchev–Trinajstić information content (AvgIpc) is 2.69. The number of hydrogen-bond donors (Lipinski definition) is 1. The van der Waals surface area contributed by atoms with E-state index in [1.165, 1.54) is 12.0 Å². The molecular weight excluding hydrogens is 258 g/mol. The smallest absolute Gasteiger partial charge is 0.313 e. The molecule has 2 rings (SSSR count). The molecule has 0 aliphatic carbocycles. The van der Waals surface area contributed by atoms with E-state index in [-0.39, 0.29) is 12.5 Å². The molecule has 1 aromatic rings. The van der Waals surface area contributed by atoms with Crippen LogP contribution in [-0.4, -0.2) is 47.2 Å². The lowest BCUT2D eigenvalue weighted by molar-refractivity contribution is -0.148. The Balaban J connectivity index is 2.28. The van der Waals surface area contributed by atoms with Gasteiger partial charge in [0.15, 0.2) is 0 Å². The molecule has 2 atom stereocenters. The third kappa shape index (κ3) is 2.29. The molecule has 0 bridgehead atoms. The fraction of sp³-hybridized carbons (Fsp3) is 0.467. The Morgan fingerprint density at radius 3 is 2.45 bits per heavy atom. The summed E-state index contributed by atoms with van der Waals surface area (Å²) in [6.07, 6.45) is -0.942. The van der Waals surface area contributed by atoms with Gasteiger partial charge < -0.3 is 14.7 Å². The second-order valence-corrected chi connectivity index (χ2v) is 5.51. The van der Waals surface area contributed by atoms with Gasteiger partial charge in [-0.15, -0.1) is 0 Å². The molecule has 5 heteroatoms. The van der Waals surface area contributed by atoms with Gasteiger partial charge in [-0.3, -0.25) is 9.59 Å². The summed E-state index contributed by atoms with van der Waals surface area (Å²) in [5.41, 5.74) is -0.274. The molecule has 1 amide bonds. The van der Waals surface area contributed by atoms with Gasteiger partial charge in [0, 0.05) is 12.1 Å². The van der Waals surface area contributed by atoms with Gasteiger partial charge in [0.05, 0.1) is 18.8 Å². The zero-order valence-electron chi connectivity index (χ0n) is 11.9. The molecule has 2 unspecified atom stereocenters. The first-order valence-electron chi connectivity index (χ1n) is 6.52. The Morgan fingerprint density at radius 2 is 1.90 bits per heavy atom. The fourth-order valence-corrected chi connectivity index (χ4v) is 2.62. The van der Waals surface area contributed by atoms with E-state index in [1.54, 1.807) is 38.1 Å². The number of esters is 1. The third-order valence-electron chi connectivity index (χ3n) is 3.95. The molecule has 1 aromatic carbocycles. The molecule has 0 spiro atoms. The summed E-state index contributed by atoms with van der Waals surface area (Å²) in [7, 11) is 1.28. The molecule has 1 aliphatic rings. The van der Waals surface area contributed by atoms with Gasteiger partial charge in [-0.05, 0) is 26.0 Å². The second-order valence-electron chi connectivity index (χ2n) is 5.51. The minimum absolute atomic E-state index is 0.161. The van der Waals surface area contributed by atoms with Gasteiger partial charge in [0.2, 0.25) is 0 Å². The highest BCUT2D eigenvalue weighted by atomic mass is 16.5. The largest absolute Gasteiger partial charge is 0.469 e. The van der Waals surface area contributed by atoms with Crippen LogP contribution < -0.4 is 0 Å². The van der Waals surface area contributed by atoms with Gasteiger partial charge >= 0.3 is 5.97 Å². The van der Waals surface area contributed by atoms with Gasteiger partial charge in [-0.25, -0.2) is 0 Å². The van der Waals surface area contributed by atoms with Crippen molar-refractivity contribution in [1.82, 2.24) is 4.90 Å². The summed E-state index contributed by atoms with van der Waals surface area (Å²) in [6.45, 7) is 3.66. The predicted octanol–water partition coefficient (Wildman–Crippen LogP) is 1.07. The maximum absolute atomic E-state index is 12.5. The van der Waals surface area contributed by atoms with Crippen molar-refractivity contribution >= 4 is 11.9 Å². The molecule has 1 N–H and O–H groups in total. The fourth-order valence-electron chi connectivity index (χ4n) is 2.62. The molecule has 1 heterocycles. The Labute approximate surface area is 118 Å². The second kappa shape index (κ2) is 5.25. The number of carbonyl (C=O) groups excluding carboxylic acids is 2. The Morgan fingerprint density at radius 1 is 1.30 bits per heavy atom. The summed E-state index contributed by atoms with van der Waals surface area (Å²) in [6, 6.07) is 8.83. The van der Waals surface area contributed by atoms with Gasteiger partial charge in [0.1, 0.15) is 5.92 Å². The van der Waals surface area contributed by atoms with Crippen LogP contribution in [0.3, 0.4) is 0 Å². The third-order valence-corrected chi connectivity index (χ3v) is 3.95. The monoisotopic (exact) mass is 277 g/mol. The zero-order valence-corrected chi connectivity index (χ0v) is 11.9. The van der Waals surface area contributed by atoms with E-state index >= 15 is 0 Å². The standard InChI is InChI=1S/C15H19NO4/c1-15(2)12(17)11(14(19)20-3)9-16(15)13(18)10-7-5-4-6-8-10/h4-8,11-12,17H,9H2,1-3H3. The van der Waals surface area contributed by atoms with E-state index in [1.807, 2.05) is 6.07 Å². The van der Waals surface area contributed by atoms with Gasteiger partial charge in [-0.2, -0.15) is 0 Å². The van der Waals surface area contributed by atoms with Crippen molar-refractivity contribution in [3.05, 3.63) is 35.9 Å². The summed E-state index contributed by atoms with van der Waals surface area (Å²) >= 11 is 0. The van der Waals surface area contributed by atoms with Crippen LogP contribution >= 0.6 is 0 Å². The van der Waals surface area contributed by atoms with E-state index in [0.717, 1.165) is 0 Å². The number of aliphatic hydroxyl groups is 1. The zero-order chi connectivity index (χ0) is 14.9. The van der Waals surface area contributed by atoms with Crippen LogP contribution in [0.2, 0.25) is 0 Å². The number of methoxy groups -OCH3 is 1. The molecule has 1 aliphatic heterocycles. The number of rotatable bonds is 2. The van der Waals surface area contributed by atoms with Gasteiger partial charge in [-0.1, -0.05) is 18.2 Å². The maximum Gasteiger partial charge on any atom is 0.313 e. The van der Waals surface area contributed by atoms with E-state index in [9.17, 15) is 14.7 Å². The minimum Gasteiger partial charge on any atom is -0.469 e. The molecule has 1 fully saturated rings. The lowest BCUT2D eigenvalue weighted by Crippen LogP contribution is -2.48. The number of nitrogens with zero attached hydrogens (tertiary/aromatic N) is 1. The van der Waals surface area contributed by atoms with Crippen molar-refractivity contribution in [3.8, 4) is 0 Å². The molecule has 20 heavy (non-hydrogen) atoms. The number of amides is 1. The van der Waals surface area contributed by atoms with Crippen molar-refractivity contribution in [2.45, 2.75) is 25.5 Å². The van der Waals surface area contributed by atoms with Crippen LogP contribution in [0.4, 0.5) is 0 Å². The maximum atomic E-state index is 12.5. The van der Waals surface area contributed by atoms with Gasteiger partial charge in [0.25, 0.3) is 5.91 Å². The Kier molecular flexibility index (Phi) is 3.81. The van der Waals surface area contributed by atoms with Crippen LogP contribution in [-0.2, 0) is 9.53 Å². The summed E-state index contributed by atoms with van der Waals surface area (Å²) in [5.74, 6) is -1.39. The summed E-state index contributed by atoms with van der Waals surface area (Å²) in [5, 5.41) is 10.3. The highest BCUT2D eigenvalue weighted by Gasteiger charge is 2.52. The highest BCUT2D eigenvalue weighted by molar-refractivity contribution is 5.95. The van der Waals surface area contributed by atoms with E-state index in [2.05, 4.69) is 0 Å². The molecule has 0 saturated carbocycles. The summed E-state index contributed by atoms with van der Waals surface area (Å²) in [4.78, 5) is 25.8. The summed E-state index contributed by atoms with van der Waals surface area (Å²) < 4.78 is 4.69. The number of carbonyl (C=O) groups is 2. The number of aliphatic hydroxyl groups excluding tert-OH is 1. The predicted molar refractivity (Wildman–Crippen MR) is 73.1 cm³/mol. The van der Waals surface area contributed by atoms with E-state index in [0.29, 0.717) is 5.56 Å². The molecular formula is C15H19NO4. The van der Waals surface area contributed by atoms with Crippen molar-refractivity contribution < 1.29 is 19.4 Å². The first-order chi connectivity index (χ1) is 9.39. The Bertz CT molecular complexity index is 512.